The lowest BCUT2D eigenvalue weighted by molar-refractivity contribution is -0.384. The van der Waals surface area contributed by atoms with Crippen molar-refractivity contribution in [1.82, 2.24) is 4.90 Å². The van der Waals surface area contributed by atoms with Crippen LogP contribution in [0.25, 0.3) is 5.57 Å². The molecule has 9 heteroatoms. The van der Waals surface area contributed by atoms with Gasteiger partial charge in [-0.1, -0.05) is 41.9 Å². The van der Waals surface area contributed by atoms with Gasteiger partial charge in [0, 0.05) is 17.8 Å². The molecule has 3 aromatic rings. The number of hydrogen-bond donors (Lipinski definition) is 1. The number of nitrogens with zero attached hydrogens (tertiary/aromatic N) is 2. The number of carbonyl (C=O) groups is 2. The lowest BCUT2D eigenvalue weighted by Crippen LogP contribution is -2.31. The van der Waals surface area contributed by atoms with E-state index in [0.29, 0.717) is 22.0 Å². The van der Waals surface area contributed by atoms with Gasteiger partial charge in [-0.2, -0.15) is 0 Å². The summed E-state index contributed by atoms with van der Waals surface area (Å²) in [4.78, 5) is 38.3. The Morgan fingerprint density at radius 2 is 1.70 bits per heavy atom. The number of nitro benzene ring substituents is 1. The second-order valence-electron chi connectivity index (χ2n) is 7.21. The van der Waals surface area contributed by atoms with Crippen molar-refractivity contribution in [3.63, 3.8) is 0 Å². The molecule has 0 unspecified atom stereocenters. The third-order valence-electron chi connectivity index (χ3n) is 5.14. The van der Waals surface area contributed by atoms with Gasteiger partial charge in [-0.3, -0.25) is 24.6 Å². The molecule has 3 aromatic carbocycles. The molecule has 1 N–H and O–H groups in total. The average Bonchev–Trinajstić information content (AvgIpc) is 3.04. The van der Waals surface area contributed by atoms with Crippen molar-refractivity contribution < 1.29 is 19.2 Å². The first-order chi connectivity index (χ1) is 15.9. The Kier molecular flexibility index (Phi) is 6.10. The number of halogens is 1. The first-order valence-corrected chi connectivity index (χ1v) is 10.3. The van der Waals surface area contributed by atoms with E-state index < -0.39 is 16.7 Å². The molecule has 0 atom stereocenters. The fourth-order valence-electron chi connectivity index (χ4n) is 3.51. The maximum atomic E-state index is 13.3. The quantitative estimate of drug-likeness (QED) is 0.311. The minimum atomic E-state index is -0.528. The van der Waals surface area contributed by atoms with Crippen LogP contribution in [0.5, 0.6) is 5.75 Å². The Bertz CT molecular complexity index is 1270. The van der Waals surface area contributed by atoms with Crippen LogP contribution in [-0.2, 0) is 16.1 Å². The van der Waals surface area contributed by atoms with Crippen LogP contribution >= 0.6 is 11.6 Å². The zero-order chi connectivity index (χ0) is 23.5. The number of carbonyl (C=O) groups excluding carboxylic acids is 2. The Hall–Kier alpha value is -4.17. The number of nitro groups is 1. The molecule has 2 amide bonds. The number of hydrogen-bond acceptors (Lipinski definition) is 6. The van der Waals surface area contributed by atoms with Crippen molar-refractivity contribution >= 4 is 40.4 Å². The SMILES string of the molecule is COc1ccc(NC2=C(c3ccc([N+](=O)[O-])cc3)C(=O)N(Cc3ccccc3)C2=O)cc1Cl. The summed E-state index contributed by atoms with van der Waals surface area (Å²) in [5.74, 6) is -0.546. The number of ether oxygens (including phenoxy) is 1. The molecule has 0 saturated carbocycles. The van der Waals surface area contributed by atoms with E-state index in [1.807, 2.05) is 30.3 Å². The second kappa shape index (κ2) is 9.13. The minimum absolute atomic E-state index is 0.0611. The molecule has 0 bridgehead atoms. The molecule has 1 aliphatic rings. The van der Waals surface area contributed by atoms with Crippen LogP contribution in [0.1, 0.15) is 11.1 Å². The fraction of sp³-hybridized carbons (Fsp3) is 0.0833. The summed E-state index contributed by atoms with van der Waals surface area (Å²) in [6, 6.07) is 19.5. The number of anilines is 1. The predicted octanol–water partition coefficient (Wildman–Crippen LogP) is 4.65. The van der Waals surface area contributed by atoms with Gasteiger partial charge in [-0.15, -0.1) is 0 Å². The average molecular weight is 464 g/mol. The largest absolute Gasteiger partial charge is 0.495 e. The van der Waals surface area contributed by atoms with Gasteiger partial charge < -0.3 is 10.1 Å². The van der Waals surface area contributed by atoms with Gasteiger partial charge in [0.25, 0.3) is 17.5 Å². The lowest BCUT2D eigenvalue weighted by Gasteiger charge is -2.15. The predicted molar refractivity (Wildman–Crippen MR) is 124 cm³/mol. The summed E-state index contributed by atoms with van der Waals surface area (Å²) in [7, 11) is 1.49. The first-order valence-electron chi connectivity index (χ1n) is 9.89. The third-order valence-corrected chi connectivity index (χ3v) is 5.43. The van der Waals surface area contributed by atoms with Crippen molar-refractivity contribution in [2.24, 2.45) is 0 Å². The van der Waals surface area contributed by atoms with Crippen molar-refractivity contribution in [1.29, 1.82) is 0 Å². The van der Waals surface area contributed by atoms with Gasteiger partial charge in [-0.05, 0) is 41.5 Å². The Morgan fingerprint density at radius 3 is 2.30 bits per heavy atom. The molecular formula is C24H18ClN3O5. The molecule has 0 aliphatic carbocycles. The van der Waals surface area contributed by atoms with Gasteiger partial charge in [0.05, 0.1) is 29.2 Å². The van der Waals surface area contributed by atoms with E-state index in [0.717, 1.165) is 10.5 Å². The van der Waals surface area contributed by atoms with Gasteiger partial charge in [-0.25, -0.2) is 0 Å². The topological polar surface area (TPSA) is 102 Å². The standard InChI is InChI=1S/C24H18ClN3O5/c1-33-20-12-9-17(13-19(20)25)26-22-21(16-7-10-18(11-8-16)28(31)32)23(29)27(24(22)30)14-15-5-3-2-4-6-15/h2-13,26H,14H2,1H3. The summed E-state index contributed by atoms with van der Waals surface area (Å²) in [5.41, 5.74) is 1.73. The molecule has 0 saturated heterocycles. The summed E-state index contributed by atoms with van der Waals surface area (Å²) in [6.45, 7) is 0.0868. The molecule has 1 heterocycles. The molecule has 4 rings (SSSR count). The molecule has 166 valence electrons. The third kappa shape index (κ3) is 4.42. The zero-order valence-corrected chi connectivity index (χ0v) is 18.2. The highest BCUT2D eigenvalue weighted by Crippen LogP contribution is 2.34. The smallest absolute Gasteiger partial charge is 0.278 e. The zero-order valence-electron chi connectivity index (χ0n) is 17.4. The van der Waals surface area contributed by atoms with Crippen molar-refractivity contribution in [2.45, 2.75) is 6.54 Å². The van der Waals surface area contributed by atoms with Crippen LogP contribution in [-0.4, -0.2) is 28.7 Å². The van der Waals surface area contributed by atoms with Crippen LogP contribution in [0.2, 0.25) is 5.02 Å². The van der Waals surface area contributed by atoms with E-state index in [1.165, 1.54) is 31.4 Å². The van der Waals surface area contributed by atoms with E-state index in [2.05, 4.69) is 5.32 Å². The van der Waals surface area contributed by atoms with Gasteiger partial charge >= 0.3 is 0 Å². The molecule has 0 radical (unpaired) electrons. The molecule has 0 fully saturated rings. The summed E-state index contributed by atoms with van der Waals surface area (Å²) < 4.78 is 5.16. The van der Waals surface area contributed by atoms with E-state index in [9.17, 15) is 19.7 Å². The van der Waals surface area contributed by atoms with Crippen LogP contribution < -0.4 is 10.1 Å². The summed E-state index contributed by atoms with van der Waals surface area (Å²) in [5, 5.41) is 14.4. The Labute approximate surface area is 194 Å². The number of amides is 2. The first kappa shape index (κ1) is 22.0. The van der Waals surface area contributed by atoms with Crippen LogP contribution in [0, 0.1) is 10.1 Å². The van der Waals surface area contributed by atoms with E-state index >= 15 is 0 Å². The van der Waals surface area contributed by atoms with Crippen LogP contribution in [0.15, 0.2) is 78.5 Å². The molecular weight excluding hydrogens is 446 g/mol. The van der Waals surface area contributed by atoms with Crippen molar-refractivity contribution in [3.05, 3.63) is 105 Å². The highest BCUT2D eigenvalue weighted by molar-refractivity contribution is 6.36. The molecule has 0 aromatic heterocycles. The second-order valence-corrected chi connectivity index (χ2v) is 7.62. The minimum Gasteiger partial charge on any atom is -0.495 e. The van der Waals surface area contributed by atoms with Gasteiger partial charge in [0.1, 0.15) is 11.4 Å². The van der Waals surface area contributed by atoms with Crippen LogP contribution in [0.4, 0.5) is 11.4 Å². The maximum Gasteiger partial charge on any atom is 0.278 e. The number of rotatable bonds is 7. The van der Waals surface area contributed by atoms with Gasteiger partial charge in [0.2, 0.25) is 0 Å². The fourth-order valence-corrected chi connectivity index (χ4v) is 3.77. The molecule has 8 nitrogen and oxygen atoms in total. The van der Waals surface area contributed by atoms with Gasteiger partial charge in [0.15, 0.2) is 0 Å². The highest BCUT2D eigenvalue weighted by atomic mass is 35.5. The highest BCUT2D eigenvalue weighted by Gasteiger charge is 2.39. The number of methoxy groups -OCH3 is 1. The molecule has 33 heavy (non-hydrogen) atoms. The van der Waals surface area contributed by atoms with Crippen molar-refractivity contribution in [3.8, 4) is 5.75 Å². The Morgan fingerprint density at radius 1 is 1.00 bits per heavy atom. The maximum absolute atomic E-state index is 13.3. The van der Waals surface area contributed by atoms with Crippen LogP contribution in [0.3, 0.4) is 0 Å². The molecule has 1 aliphatic heterocycles. The molecule has 0 spiro atoms. The monoisotopic (exact) mass is 463 g/mol. The van der Waals surface area contributed by atoms with Crippen molar-refractivity contribution in [2.75, 3.05) is 12.4 Å². The number of nitrogens with one attached hydrogen (secondary N) is 1. The normalized spacial score (nSPS) is 13.5. The Balaban J connectivity index is 1.75. The number of non-ortho nitro benzene ring substituents is 1. The lowest BCUT2D eigenvalue weighted by atomic mass is 10.0. The van der Waals surface area contributed by atoms with E-state index in [-0.39, 0.29) is 23.5 Å². The van der Waals surface area contributed by atoms with E-state index in [4.69, 9.17) is 16.3 Å². The summed E-state index contributed by atoms with van der Waals surface area (Å²) >= 11 is 6.21. The number of benzene rings is 3. The summed E-state index contributed by atoms with van der Waals surface area (Å²) in [6.07, 6.45) is 0. The van der Waals surface area contributed by atoms with E-state index in [1.54, 1.807) is 18.2 Å². The number of imide groups is 1.